The lowest BCUT2D eigenvalue weighted by atomic mass is 10.1. The number of aromatic nitrogens is 3. The highest BCUT2D eigenvalue weighted by atomic mass is 32.2. The molecule has 1 aromatic carbocycles. The number of ketones is 1. The van der Waals surface area contributed by atoms with Crippen LogP contribution in [0, 0.1) is 0 Å². The lowest BCUT2D eigenvalue weighted by molar-refractivity contribution is 0.102. The second-order valence-corrected chi connectivity index (χ2v) is 6.68. The fourth-order valence-corrected chi connectivity index (χ4v) is 3.74. The number of carbonyl (C=O) groups is 1. The highest BCUT2D eigenvalue weighted by Gasteiger charge is 2.15. The summed E-state index contributed by atoms with van der Waals surface area (Å²) in [5.74, 6) is 1.27. The molecule has 3 rings (SSSR count). The van der Waals surface area contributed by atoms with E-state index in [1.807, 2.05) is 29.0 Å². The number of hydrogen-bond donors (Lipinski definition) is 1. The van der Waals surface area contributed by atoms with Crippen molar-refractivity contribution in [3.63, 3.8) is 0 Å². The van der Waals surface area contributed by atoms with E-state index in [0.29, 0.717) is 5.56 Å². The average Bonchev–Trinajstić information content (AvgIpc) is 3.22. The van der Waals surface area contributed by atoms with Gasteiger partial charge in [0.25, 0.3) is 0 Å². The summed E-state index contributed by atoms with van der Waals surface area (Å²) in [6.45, 7) is 2.78. The van der Waals surface area contributed by atoms with E-state index in [-0.39, 0.29) is 17.3 Å². The molecule has 0 spiro atoms. The number of aromatic hydroxyl groups is 1. The number of hydrogen-bond acceptors (Lipinski definition) is 6. The van der Waals surface area contributed by atoms with Crippen LogP contribution in [0.3, 0.4) is 0 Å². The second kappa shape index (κ2) is 6.97. The SMILES string of the molecule is CCn1c(SCC(=O)c2ccc(O)cc2)nnc1-c1cccs1. The summed E-state index contributed by atoms with van der Waals surface area (Å²) in [6, 6.07) is 10.3. The molecule has 0 fully saturated rings. The Morgan fingerprint density at radius 2 is 2.04 bits per heavy atom. The molecule has 0 aliphatic rings. The summed E-state index contributed by atoms with van der Waals surface area (Å²) < 4.78 is 2.01. The van der Waals surface area contributed by atoms with E-state index in [1.165, 1.54) is 23.9 Å². The van der Waals surface area contributed by atoms with Crippen molar-refractivity contribution >= 4 is 28.9 Å². The predicted octanol–water partition coefficient (Wildman–Crippen LogP) is 3.71. The molecule has 0 saturated carbocycles. The Balaban J connectivity index is 1.73. The van der Waals surface area contributed by atoms with E-state index in [2.05, 4.69) is 10.2 Å². The molecule has 0 unspecified atom stereocenters. The zero-order valence-corrected chi connectivity index (χ0v) is 14.1. The first-order valence-corrected chi connectivity index (χ1v) is 8.97. The van der Waals surface area contributed by atoms with Crippen LogP contribution in [0.25, 0.3) is 10.7 Å². The van der Waals surface area contributed by atoms with Gasteiger partial charge in [-0.3, -0.25) is 4.79 Å². The van der Waals surface area contributed by atoms with Crippen LogP contribution in [0.15, 0.2) is 46.9 Å². The van der Waals surface area contributed by atoms with Gasteiger partial charge in [0.15, 0.2) is 16.8 Å². The molecule has 0 saturated heterocycles. The van der Waals surface area contributed by atoms with Gasteiger partial charge in [0.1, 0.15) is 5.75 Å². The van der Waals surface area contributed by atoms with E-state index in [4.69, 9.17) is 0 Å². The standard InChI is InChI=1S/C16H15N3O2S2/c1-2-19-15(14-4-3-9-22-14)17-18-16(19)23-10-13(21)11-5-7-12(20)8-6-11/h3-9,20H,2,10H2,1H3. The second-order valence-electron chi connectivity index (χ2n) is 4.79. The number of Topliss-reactive ketones (excluding diaryl/α,β-unsaturated/α-hetero) is 1. The molecule has 2 heterocycles. The van der Waals surface area contributed by atoms with Crippen molar-refractivity contribution in [2.45, 2.75) is 18.6 Å². The van der Waals surface area contributed by atoms with E-state index < -0.39 is 0 Å². The van der Waals surface area contributed by atoms with E-state index in [1.54, 1.807) is 23.5 Å². The zero-order valence-electron chi connectivity index (χ0n) is 12.5. The van der Waals surface area contributed by atoms with Gasteiger partial charge in [0, 0.05) is 12.1 Å². The number of phenolic OH excluding ortho intramolecular Hbond substituents is 1. The van der Waals surface area contributed by atoms with Gasteiger partial charge >= 0.3 is 0 Å². The monoisotopic (exact) mass is 345 g/mol. The summed E-state index contributed by atoms with van der Waals surface area (Å²) >= 11 is 3.00. The van der Waals surface area contributed by atoms with E-state index in [9.17, 15) is 9.90 Å². The van der Waals surface area contributed by atoms with Gasteiger partial charge in [-0.05, 0) is 42.6 Å². The molecule has 1 N–H and O–H groups in total. The maximum atomic E-state index is 12.2. The minimum Gasteiger partial charge on any atom is -0.508 e. The molecule has 0 radical (unpaired) electrons. The Morgan fingerprint density at radius 1 is 1.26 bits per heavy atom. The van der Waals surface area contributed by atoms with Crippen molar-refractivity contribution in [3.05, 3.63) is 47.3 Å². The van der Waals surface area contributed by atoms with Crippen LogP contribution < -0.4 is 0 Å². The van der Waals surface area contributed by atoms with Gasteiger partial charge in [0.2, 0.25) is 0 Å². The first-order chi connectivity index (χ1) is 11.2. The Kier molecular flexibility index (Phi) is 4.78. The van der Waals surface area contributed by atoms with Gasteiger partial charge in [-0.25, -0.2) is 0 Å². The molecule has 0 aliphatic carbocycles. The third-order valence-corrected chi connectivity index (χ3v) is 5.13. The molecular weight excluding hydrogens is 330 g/mol. The van der Waals surface area contributed by atoms with Crippen molar-refractivity contribution in [1.82, 2.24) is 14.8 Å². The third-order valence-electron chi connectivity index (χ3n) is 3.30. The van der Waals surface area contributed by atoms with Crippen LogP contribution in [0.4, 0.5) is 0 Å². The fourth-order valence-electron chi connectivity index (χ4n) is 2.13. The molecule has 0 bridgehead atoms. The summed E-state index contributed by atoms with van der Waals surface area (Å²) in [5, 5.41) is 20.5. The molecule has 7 heteroatoms. The lowest BCUT2D eigenvalue weighted by Gasteiger charge is -2.06. The number of rotatable bonds is 6. The average molecular weight is 345 g/mol. The molecule has 0 aliphatic heterocycles. The van der Waals surface area contributed by atoms with Gasteiger partial charge < -0.3 is 9.67 Å². The predicted molar refractivity (Wildman–Crippen MR) is 92.2 cm³/mol. The Hall–Kier alpha value is -2.12. The van der Waals surface area contributed by atoms with Gasteiger partial charge in [-0.1, -0.05) is 17.8 Å². The molecule has 0 atom stereocenters. The molecule has 2 aromatic heterocycles. The van der Waals surface area contributed by atoms with Crippen molar-refractivity contribution in [2.24, 2.45) is 0 Å². The maximum absolute atomic E-state index is 12.2. The van der Waals surface area contributed by atoms with E-state index in [0.717, 1.165) is 22.4 Å². The van der Waals surface area contributed by atoms with Crippen LogP contribution >= 0.6 is 23.1 Å². The maximum Gasteiger partial charge on any atom is 0.191 e. The topological polar surface area (TPSA) is 68.0 Å². The normalized spacial score (nSPS) is 10.8. The van der Waals surface area contributed by atoms with Crippen molar-refractivity contribution < 1.29 is 9.90 Å². The first-order valence-electron chi connectivity index (χ1n) is 7.11. The van der Waals surface area contributed by atoms with Crippen LogP contribution in [0.5, 0.6) is 5.75 Å². The largest absolute Gasteiger partial charge is 0.508 e. The number of carbonyl (C=O) groups excluding carboxylic acids is 1. The molecule has 23 heavy (non-hydrogen) atoms. The number of thiophene rings is 1. The zero-order chi connectivity index (χ0) is 16.2. The van der Waals surface area contributed by atoms with Gasteiger partial charge in [-0.15, -0.1) is 21.5 Å². The Morgan fingerprint density at radius 3 is 2.70 bits per heavy atom. The molecule has 3 aromatic rings. The summed E-state index contributed by atoms with van der Waals surface area (Å²) in [6.07, 6.45) is 0. The van der Waals surface area contributed by atoms with Crippen LogP contribution in [-0.4, -0.2) is 31.4 Å². The van der Waals surface area contributed by atoms with Crippen molar-refractivity contribution in [2.75, 3.05) is 5.75 Å². The minimum absolute atomic E-state index is 0.00155. The number of benzene rings is 1. The summed E-state index contributed by atoms with van der Waals surface area (Å²) in [4.78, 5) is 13.3. The quantitative estimate of drug-likeness (QED) is 0.545. The minimum atomic E-state index is -0.00155. The van der Waals surface area contributed by atoms with Crippen LogP contribution in [0.1, 0.15) is 17.3 Å². The lowest BCUT2D eigenvalue weighted by Crippen LogP contribution is -2.04. The highest BCUT2D eigenvalue weighted by molar-refractivity contribution is 7.99. The molecule has 118 valence electrons. The first kappa shape index (κ1) is 15.8. The van der Waals surface area contributed by atoms with Gasteiger partial charge in [-0.2, -0.15) is 0 Å². The smallest absolute Gasteiger partial charge is 0.191 e. The molecular formula is C16H15N3O2S2. The Labute approximate surface area is 142 Å². The summed E-state index contributed by atoms with van der Waals surface area (Å²) in [5.41, 5.74) is 0.580. The number of thioether (sulfide) groups is 1. The fraction of sp³-hybridized carbons (Fsp3) is 0.188. The Bertz CT molecular complexity index is 795. The van der Waals surface area contributed by atoms with Crippen molar-refractivity contribution in [3.8, 4) is 16.5 Å². The molecule has 5 nitrogen and oxygen atoms in total. The van der Waals surface area contributed by atoms with Crippen LogP contribution in [-0.2, 0) is 6.54 Å². The number of nitrogens with zero attached hydrogens (tertiary/aromatic N) is 3. The summed E-state index contributed by atoms with van der Waals surface area (Å²) in [7, 11) is 0. The van der Waals surface area contributed by atoms with Crippen LogP contribution in [0.2, 0.25) is 0 Å². The third kappa shape index (κ3) is 3.46. The number of phenols is 1. The van der Waals surface area contributed by atoms with Crippen molar-refractivity contribution in [1.29, 1.82) is 0 Å². The van der Waals surface area contributed by atoms with E-state index >= 15 is 0 Å². The molecule has 0 amide bonds. The highest BCUT2D eigenvalue weighted by Crippen LogP contribution is 2.27. The van der Waals surface area contributed by atoms with Gasteiger partial charge in [0.05, 0.1) is 10.6 Å².